The number of likely N-dealkylation sites (N-methyl/N-ethyl adjacent to an activating group) is 1. The van der Waals surface area contributed by atoms with Crippen LogP contribution in [0.25, 0.3) is 0 Å². The second-order valence-corrected chi connectivity index (χ2v) is 5.05. The van der Waals surface area contributed by atoms with Crippen LogP contribution in [0.5, 0.6) is 0 Å². The van der Waals surface area contributed by atoms with Crippen molar-refractivity contribution in [3.05, 3.63) is 34.9 Å². The van der Waals surface area contributed by atoms with Gasteiger partial charge in [0.05, 0.1) is 6.04 Å². The van der Waals surface area contributed by atoms with Gasteiger partial charge in [-0.25, -0.2) is 0 Å². The van der Waals surface area contributed by atoms with E-state index < -0.39 is 0 Å². The van der Waals surface area contributed by atoms with Crippen LogP contribution in [0.2, 0.25) is 5.02 Å². The number of hydrogen-bond acceptors (Lipinski definition) is 2. The van der Waals surface area contributed by atoms with Gasteiger partial charge in [0, 0.05) is 25.0 Å². The van der Waals surface area contributed by atoms with Crippen molar-refractivity contribution >= 4 is 17.5 Å². The minimum Gasteiger partial charge on any atom is -0.347 e. The van der Waals surface area contributed by atoms with Gasteiger partial charge < -0.3 is 10.2 Å². The third-order valence-electron chi connectivity index (χ3n) is 3.21. The molecule has 92 valence electrons. The van der Waals surface area contributed by atoms with Gasteiger partial charge in [0.25, 0.3) is 0 Å². The maximum atomic E-state index is 12.0. The number of halogens is 1. The predicted octanol–water partition coefficient (Wildman–Crippen LogP) is 1.87. The van der Waals surface area contributed by atoms with E-state index in [2.05, 4.69) is 5.32 Å². The van der Waals surface area contributed by atoms with Crippen molar-refractivity contribution in [3.63, 3.8) is 0 Å². The van der Waals surface area contributed by atoms with Crippen LogP contribution in [0.3, 0.4) is 0 Å². The standard InChI is InChI=1S/C13H17ClN2O/c1-16(2)13(17)12-11(6-7-15-12)9-4-3-5-10(14)8-9/h3-5,8,11-12,15H,6-7H2,1-2H3/t11?,12-/m0/s1. The summed E-state index contributed by atoms with van der Waals surface area (Å²) >= 11 is 6.00. The molecule has 2 rings (SSSR count). The van der Waals surface area contributed by atoms with Crippen LogP contribution in [0, 0.1) is 0 Å². The first-order valence-corrected chi connectivity index (χ1v) is 6.17. The fourth-order valence-electron chi connectivity index (χ4n) is 2.34. The summed E-state index contributed by atoms with van der Waals surface area (Å²) in [6.45, 7) is 0.876. The average molecular weight is 253 g/mol. The lowest BCUT2D eigenvalue weighted by Gasteiger charge is -2.22. The maximum Gasteiger partial charge on any atom is 0.239 e. The van der Waals surface area contributed by atoms with Crippen molar-refractivity contribution < 1.29 is 4.79 Å². The summed E-state index contributed by atoms with van der Waals surface area (Å²) in [5.41, 5.74) is 1.14. The Hall–Kier alpha value is -1.06. The molecule has 1 heterocycles. The zero-order valence-corrected chi connectivity index (χ0v) is 10.9. The molecule has 1 aromatic carbocycles. The van der Waals surface area contributed by atoms with Crippen LogP contribution in [0.4, 0.5) is 0 Å². The molecule has 4 heteroatoms. The zero-order chi connectivity index (χ0) is 12.4. The van der Waals surface area contributed by atoms with E-state index in [1.807, 2.05) is 24.3 Å². The quantitative estimate of drug-likeness (QED) is 0.872. The largest absolute Gasteiger partial charge is 0.347 e. The van der Waals surface area contributed by atoms with Gasteiger partial charge >= 0.3 is 0 Å². The lowest BCUT2D eigenvalue weighted by molar-refractivity contribution is -0.130. The molecule has 2 atom stereocenters. The summed E-state index contributed by atoms with van der Waals surface area (Å²) < 4.78 is 0. The van der Waals surface area contributed by atoms with Crippen LogP contribution in [0.1, 0.15) is 17.9 Å². The first-order valence-electron chi connectivity index (χ1n) is 5.79. The van der Waals surface area contributed by atoms with Crippen LogP contribution < -0.4 is 5.32 Å². The first-order chi connectivity index (χ1) is 8.09. The van der Waals surface area contributed by atoms with Crippen LogP contribution in [-0.2, 0) is 4.79 Å². The summed E-state index contributed by atoms with van der Waals surface area (Å²) in [6.07, 6.45) is 0.977. The highest BCUT2D eigenvalue weighted by atomic mass is 35.5. The monoisotopic (exact) mass is 252 g/mol. The van der Waals surface area contributed by atoms with E-state index in [1.165, 1.54) is 0 Å². The Balaban J connectivity index is 2.23. The SMILES string of the molecule is CN(C)C(=O)[C@H]1NCCC1c1cccc(Cl)c1. The van der Waals surface area contributed by atoms with Gasteiger partial charge in [-0.2, -0.15) is 0 Å². The molecule has 0 saturated carbocycles. The van der Waals surface area contributed by atoms with Gasteiger partial charge in [0.1, 0.15) is 0 Å². The van der Waals surface area contributed by atoms with Gasteiger partial charge in [-0.05, 0) is 30.7 Å². The Morgan fingerprint density at radius 3 is 2.88 bits per heavy atom. The van der Waals surface area contributed by atoms with Gasteiger partial charge in [0.15, 0.2) is 0 Å². The Bertz CT molecular complexity index is 420. The molecule has 0 bridgehead atoms. The van der Waals surface area contributed by atoms with Crippen LogP contribution >= 0.6 is 11.6 Å². The first kappa shape index (κ1) is 12.4. The van der Waals surface area contributed by atoms with Gasteiger partial charge in [-0.3, -0.25) is 4.79 Å². The van der Waals surface area contributed by atoms with E-state index in [1.54, 1.807) is 19.0 Å². The van der Waals surface area contributed by atoms with Gasteiger partial charge in [-0.1, -0.05) is 23.7 Å². The fraction of sp³-hybridized carbons (Fsp3) is 0.462. The molecule has 0 aromatic heterocycles. The molecule has 17 heavy (non-hydrogen) atoms. The zero-order valence-electron chi connectivity index (χ0n) is 10.1. The molecule has 3 nitrogen and oxygen atoms in total. The lowest BCUT2D eigenvalue weighted by atomic mass is 9.91. The highest BCUT2D eigenvalue weighted by molar-refractivity contribution is 6.30. The molecule has 1 unspecified atom stereocenters. The topological polar surface area (TPSA) is 32.3 Å². The average Bonchev–Trinajstić information content (AvgIpc) is 2.76. The fourth-order valence-corrected chi connectivity index (χ4v) is 2.54. The summed E-state index contributed by atoms with van der Waals surface area (Å²) in [6, 6.07) is 7.67. The van der Waals surface area contributed by atoms with Gasteiger partial charge in [-0.15, -0.1) is 0 Å². The van der Waals surface area contributed by atoms with E-state index in [0.29, 0.717) is 0 Å². The van der Waals surface area contributed by atoms with E-state index in [-0.39, 0.29) is 17.9 Å². The molecule has 1 aliphatic heterocycles. The van der Waals surface area contributed by atoms with Gasteiger partial charge in [0.2, 0.25) is 5.91 Å². The number of carbonyl (C=O) groups excluding carboxylic acids is 1. The Labute approximate surface area is 107 Å². The third kappa shape index (κ3) is 2.61. The molecule has 1 saturated heterocycles. The summed E-state index contributed by atoms with van der Waals surface area (Å²) in [5, 5.41) is 4.00. The Morgan fingerprint density at radius 1 is 1.47 bits per heavy atom. The number of benzene rings is 1. The summed E-state index contributed by atoms with van der Waals surface area (Å²) in [7, 11) is 3.58. The molecule has 1 amide bonds. The Morgan fingerprint density at radius 2 is 2.24 bits per heavy atom. The highest BCUT2D eigenvalue weighted by Crippen LogP contribution is 2.29. The van der Waals surface area contributed by atoms with Crippen molar-refractivity contribution in [2.75, 3.05) is 20.6 Å². The van der Waals surface area contributed by atoms with Crippen molar-refractivity contribution in [2.45, 2.75) is 18.4 Å². The van der Waals surface area contributed by atoms with Crippen LogP contribution in [0.15, 0.2) is 24.3 Å². The summed E-state index contributed by atoms with van der Waals surface area (Å²) in [5.74, 6) is 0.357. The molecular formula is C13H17ClN2O. The second-order valence-electron chi connectivity index (χ2n) is 4.61. The van der Waals surface area contributed by atoms with E-state index in [9.17, 15) is 4.79 Å². The minimum atomic E-state index is -0.122. The molecular weight excluding hydrogens is 236 g/mol. The number of carbonyl (C=O) groups is 1. The molecule has 1 N–H and O–H groups in total. The lowest BCUT2D eigenvalue weighted by Crippen LogP contribution is -2.42. The smallest absolute Gasteiger partial charge is 0.239 e. The highest BCUT2D eigenvalue weighted by Gasteiger charge is 2.34. The van der Waals surface area contributed by atoms with Crippen molar-refractivity contribution in [1.82, 2.24) is 10.2 Å². The number of hydrogen-bond donors (Lipinski definition) is 1. The maximum absolute atomic E-state index is 12.0. The van der Waals surface area contributed by atoms with Crippen LogP contribution in [-0.4, -0.2) is 37.5 Å². The second kappa shape index (κ2) is 5.07. The normalized spacial score (nSPS) is 23.7. The number of nitrogens with zero attached hydrogens (tertiary/aromatic N) is 1. The predicted molar refractivity (Wildman–Crippen MR) is 69.3 cm³/mol. The number of amides is 1. The van der Waals surface area contributed by atoms with Crippen molar-refractivity contribution in [3.8, 4) is 0 Å². The van der Waals surface area contributed by atoms with E-state index in [0.717, 1.165) is 23.6 Å². The van der Waals surface area contributed by atoms with Crippen molar-refractivity contribution in [2.24, 2.45) is 0 Å². The third-order valence-corrected chi connectivity index (χ3v) is 3.44. The number of nitrogens with one attached hydrogen (secondary N) is 1. The van der Waals surface area contributed by atoms with E-state index in [4.69, 9.17) is 11.6 Å². The molecule has 1 fully saturated rings. The molecule has 0 aliphatic carbocycles. The molecule has 0 spiro atoms. The summed E-state index contributed by atoms with van der Waals surface area (Å²) in [4.78, 5) is 13.7. The molecule has 1 aromatic rings. The minimum absolute atomic E-state index is 0.122. The van der Waals surface area contributed by atoms with Crippen molar-refractivity contribution in [1.29, 1.82) is 0 Å². The number of rotatable bonds is 2. The molecule has 0 radical (unpaired) electrons. The Kier molecular flexibility index (Phi) is 3.69. The van der Waals surface area contributed by atoms with E-state index >= 15 is 0 Å². The molecule has 1 aliphatic rings.